The summed E-state index contributed by atoms with van der Waals surface area (Å²) in [6.07, 6.45) is 7.83. The van der Waals surface area contributed by atoms with Gasteiger partial charge in [-0.05, 0) is 38.4 Å². The van der Waals surface area contributed by atoms with Crippen molar-refractivity contribution in [1.82, 2.24) is 10.2 Å². The van der Waals surface area contributed by atoms with E-state index in [0.717, 1.165) is 19.0 Å². The maximum Gasteiger partial charge on any atom is 0.0599 e. The summed E-state index contributed by atoms with van der Waals surface area (Å²) >= 11 is 0. The zero-order valence-electron chi connectivity index (χ0n) is 8.55. The molecule has 13 heavy (non-hydrogen) atoms. The van der Waals surface area contributed by atoms with Crippen LogP contribution in [-0.4, -0.2) is 37.6 Å². The molecule has 0 bridgehead atoms. The molecule has 1 saturated heterocycles. The highest BCUT2D eigenvalue weighted by molar-refractivity contribution is 4.89. The number of rotatable bonds is 5. The van der Waals surface area contributed by atoms with Crippen LogP contribution in [0.25, 0.3) is 0 Å². The lowest BCUT2D eigenvalue weighted by atomic mass is 10.1. The summed E-state index contributed by atoms with van der Waals surface area (Å²) in [7, 11) is 0. The SMILES string of the molecule is C#CCN(CCC)CC1CCNC1. The summed E-state index contributed by atoms with van der Waals surface area (Å²) in [4.78, 5) is 2.39. The average molecular weight is 180 g/mol. The Morgan fingerprint density at radius 1 is 1.62 bits per heavy atom. The number of hydrogen-bond acceptors (Lipinski definition) is 2. The van der Waals surface area contributed by atoms with E-state index in [-0.39, 0.29) is 0 Å². The minimum atomic E-state index is 0.810. The summed E-state index contributed by atoms with van der Waals surface area (Å²) in [6, 6.07) is 0. The van der Waals surface area contributed by atoms with Gasteiger partial charge in [0.05, 0.1) is 6.54 Å². The highest BCUT2D eigenvalue weighted by Crippen LogP contribution is 2.09. The smallest absolute Gasteiger partial charge is 0.0599 e. The van der Waals surface area contributed by atoms with Crippen molar-refractivity contribution in [2.75, 3.05) is 32.7 Å². The molecule has 1 rings (SSSR count). The van der Waals surface area contributed by atoms with Crippen LogP contribution < -0.4 is 5.32 Å². The van der Waals surface area contributed by atoms with Gasteiger partial charge in [-0.2, -0.15) is 0 Å². The van der Waals surface area contributed by atoms with E-state index in [4.69, 9.17) is 6.42 Å². The van der Waals surface area contributed by atoms with E-state index < -0.39 is 0 Å². The zero-order valence-corrected chi connectivity index (χ0v) is 8.55. The fraction of sp³-hybridized carbons (Fsp3) is 0.818. The number of nitrogens with one attached hydrogen (secondary N) is 1. The fourth-order valence-electron chi connectivity index (χ4n) is 1.92. The fourth-order valence-corrected chi connectivity index (χ4v) is 1.92. The number of hydrogen-bond donors (Lipinski definition) is 1. The zero-order chi connectivity index (χ0) is 9.52. The van der Waals surface area contributed by atoms with Crippen molar-refractivity contribution in [2.45, 2.75) is 19.8 Å². The Bertz CT molecular complexity index is 165. The maximum atomic E-state index is 5.33. The van der Waals surface area contributed by atoms with Gasteiger partial charge in [-0.1, -0.05) is 12.8 Å². The number of nitrogens with zero attached hydrogens (tertiary/aromatic N) is 1. The molecule has 0 aromatic rings. The van der Waals surface area contributed by atoms with E-state index in [1.54, 1.807) is 0 Å². The topological polar surface area (TPSA) is 15.3 Å². The van der Waals surface area contributed by atoms with Crippen LogP contribution in [-0.2, 0) is 0 Å². The van der Waals surface area contributed by atoms with Gasteiger partial charge in [-0.25, -0.2) is 0 Å². The summed E-state index contributed by atoms with van der Waals surface area (Å²) in [5.74, 6) is 3.55. The molecule has 1 unspecified atom stereocenters. The first-order valence-electron chi connectivity index (χ1n) is 5.23. The molecule has 0 radical (unpaired) electrons. The molecule has 0 aromatic heterocycles. The Morgan fingerprint density at radius 3 is 3.00 bits per heavy atom. The van der Waals surface area contributed by atoms with Crippen molar-refractivity contribution in [1.29, 1.82) is 0 Å². The second kappa shape index (κ2) is 6.01. The molecule has 0 amide bonds. The van der Waals surface area contributed by atoms with Gasteiger partial charge < -0.3 is 5.32 Å². The quantitative estimate of drug-likeness (QED) is 0.633. The molecule has 1 aliphatic rings. The lowest BCUT2D eigenvalue weighted by molar-refractivity contribution is 0.264. The molecule has 0 saturated carbocycles. The third kappa shape index (κ3) is 3.80. The van der Waals surface area contributed by atoms with Crippen LogP contribution in [0.1, 0.15) is 19.8 Å². The van der Waals surface area contributed by atoms with Crippen LogP contribution in [0.4, 0.5) is 0 Å². The Balaban J connectivity index is 2.24. The van der Waals surface area contributed by atoms with Gasteiger partial charge in [0.15, 0.2) is 0 Å². The molecule has 1 N–H and O–H groups in total. The molecule has 0 aliphatic carbocycles. The lowest BCUT2D eigenvalue weighted by Gasteiger charge is -2.22. The second-order valence-electron chi connectivity index (χ2n) is 3.80. The minimum Gasteiger partial charge on any atom is -0.316 e. The normalized spacial score (nSPS) is 22.1. The number of terminal acetylenes is 1. The molecule has 1 aliphatic heterocycles. The predicted molar refractivity (Wildman–Crippen MR) is 56.5 cm³/mol. The molecule has 2 nitrogen and oxygen atoms in total. The Morgan fingerprint density at radius 2 is 2.46 bits per heavy atom. The molecule has 0 spiro atoms. The first-order chi connectivity index (χ1) is 6.36. The van der Waals surface area contributed by atoms with Gasteiger partial charge in [0.2, 0.25) is 0 Å². The predicted octanol–water partition coefficient (Wildman–Crippen LogP) is 0.941. The standard InChI is InChI=1S/C11H20N2/c1-3-7-13(8-4-2)10-11-5-6-12-9-11/h1,11-12H,4-10H2,2H3. The van der Waals surface area contributed by atoms with Crippen LogP contribution in [0.2, 0.25) is 0 Å². The van der Waals surface area contributed by atoms with E-state index in [1.165, 1.54) is 32.5 Å². The second-order valence-corrected chi connectivity index (χ2v) is 3.80. The average Bonchev–Trinajstić information content (AvgIpc) is 2.58. The summed E-state index contributed by atoms with van der Waals surface area (Å²) < 4.78 is 0. The van der Waals surface area contributed by atoms with E-state index in [2.05, 4.69) is 23.1 Å². The molecule has 1 fully saturated rings. The molecule has 74 valence electrons. The Kier molecular flexibility index (Phi) is 4.88. The van der Waals surface area contributed by atoms with Gasteiger partial charge >= 0.3 is 0 Å². The molecule has 2 heteroatoms. The summed E-state index contributed by atoms with van der Waals surface area (Å²) in [5, 5.41) is 3.38. The van der Waals surface area contributed by atoms with Crippen molar-refractivity contribution in [3.05, 3.63) is 0 Å². The van der Waals surface area contributed by atoms with Gasteiger partial charge in [0.25, 0.3) is 0 Å². The first kappa shape index (κ1) is 10.6. The highest BCUT2D eigenvalue weighted by Gasteiger charge is 2.16. The monoisotopic (exact) mass is 180 g/mol. The van der Waals surface area contributed by atoms with Crippen molar-refractivity contribution in [3.63, 3.8) is 0 Å². The Hall–Kier alpha value is -0.520. The highest BCUT2D eigenvalue weighted by atomic mass is 15.1. The first-order valence-corrected chi connectivity index (χ1v) is 5.23. The molecular weight excluding hydrogens is 160 g/mol. The van der Waals surface area contributed by atoms with E-state index in [0.29, 0.717) is 0 Å². The Labute approximate surface area is 81.7 Å². The van der Waals surface area contributed by atoms with Crippen LogP contribution in [0.15, 0.2) is 0 Å². The summed E-state index contributed by atoms with van der Waals surface area (Å²) in [6.45, 7) is 7.68. The molecular formula is C11H20N2. The van der Waals surface area contributed by atoms with Crippen LogP contribution in [0.3, 0.4) is 0 Å². The van der Waals surface area contributed by atoms with Gasteiger partial charge in [-0.15, -0.1) is 6.42 Å². The van der Waals surface area contributed by atoms with E-state index in [1.807, 2.05) is 0 Å². The van der Waals surface area contributed by atoms with E-state index in [9.17, 15) is 0 Å². The van der Waals surface area contributed by atoms with Gasteiger partial charge in [0.1, 0.15) is 0 Å². The van der Waals surface area contributed by atoms with E-state index >= 15 is 0 Å². The van der Waals surface area contributed by atoms with Crippen molar-refractivity contribution >= 4 is 0 Å². The van der Waals surface area contributed by atoms with Crippen molar-refractivity contribution in [2.24, 2.45) is 5.92 Å². The lowest BCUT2D eigenvalue weighted by Crippen LogP contribution is -2.31. The van der Waals surface area contributed by atoms with Crippen LogP contribution in [0.5, 0.6) is 0 Å². The van der Waals surface area contributed by atoms with Crippen LogP contribution >= 0.6 is 0 Å². The van der Waals surface area contributed by atoms with Crippen LogP contribution in [0, 0.1) is 18.3 Å². The summed E-state index contributed by atoms with van der Waals surface area (Å²) in [5.41, 5.74) is 0. The molecule has 1 atom stereocenters. The molecule has 0 aromatic carbocycles. The molecule has 1 heterocycles. The van der Waals surface area contributed by atoms with Crippen molar-refractivity contribution in [3.8, 4) is 12.3 Å². The minimum absolute atomic E-state index is 0.810. The third-order valence-corrected chi connectivity index (χ3v) is 2.53. The maximum absolute atomic E-state index is 5.33. The van der Waals surface area contributed by atoms with Gasteiger partial charge in [-0.3, -0.25) is 4.90 Å². The largest absolute Gasteiger partial charge is 0.316 e. The third-order valence-electron chi connectivity index (χ3n) is 2.53. The van der Waals surface area contributed by atoms with Gasteiger partial charge in [0, 0.05) is 6.54 Å². The van der Waals surface area contributed by atoms with Crippen molar-refractivity contribution < 1.29 is 0 Å².